The third-order valence-corrected chi connectivity index (χ3v) is 4.89. The van der Waals surface area contributed by atoms with Crippen LogP contribution in [0.15, 0.2) is 42.5 Å². The lowest BCUT2D eigenvalue weighted by molar-refractivity contribution is -0.113. The number of carbonyl (C=O) groups is 2. The number of hydrogen-bond donors (Lipinski definition) is 1. The standard InChI is InChI=1S/C18H17Cl2NO3S/c1-2-24-18(23)12-6-8-13(9-7-12)21-17(22)11-25-10-14-15(19)4-3-5-16(14)20/h3-9H,2,10-11H2,1H3,(H,21,22). The molecule has 0 fully saturated rings. The normalized spacial score (nSPS) is 10.4. The van der Waals surface area contributed by atoms with Gasteiger partial charge in [-0.1, -0.05) is 29.3 Å². The molecule has 132 valence electrons. The van der Waals surface area contributed by atoms with Crippen LogP contribution in [0.5, 0.6) is 0 Å². The van der Waals surface area contributed by atoms with Crippen LogP contribution in [0.1, 0.15) is 22.8 Å². The molecule has 7 heteroatoms. The van der Waals surface area contributed by atoms with Crippen LogP contribution in [-0.2, 0) is 15.3 Å². The van der Waals surface area contributed by atoms with Crippen LogP contribution < -0.4 is 5.32 Å². The number of rotatable bonds is 7. The lowest BCUT2D eigenvalue weighted by Gasteiger charge is -2.08. The molecule has 2 rings (SSSR count). The van der Waals surface area contributed by atoms with Gasteiger partial charge in [-0.25, -0.2) is 4.79 Å². The molecule has 2 aromatic carbocycles. The van der Waals surface area contributed by atoms with Gasteiger partial charge in [-0.15, -0.1) is 11.8 Å². The van der Waals surface area contributed by atoms with Gasteiger partial charge in [0.2, 0.25) is 5.91 Å². The van der Waals surface area contributed by atoms with Gasteiger partial charge in [0, 0.05) is 21.5 Å². The average molecular weight is 398 g/mol. The molecule has 0 atom stereocenters. The zero-order valence-electron chi connectivity index (χ0n) is 13.6. The molecule has 0 aliphatic heterocycles. The van der Waals surface area contributed by atoms with E-state index in [0.29, 0.717) is 33.7 Å². The van der Waals surface area contributed by atoms with Gasteiger partial charge < -0.3 is 10.1 Å². The first-order valence-corrected chi connectivity index (χ1v) is 9.50. The Labute approximate surface area is 160 Å². The van der Waals surface area contributed by atoms with E-state index in [1.54, 1.807) is 49.4 Å². The van der Waals surface area contributed by atoms with Crippen molar-refractivity contribution in [3.05, 3.63) is 63.6 Å². The van der Waals surface area contributed by atoms with Crippen LogP contribution in [-0.4, -0.2) is 24.2 Å². The molecule has 0 saturated carbocycles. The van der Waals surface area contributed by atoms with E-state index in [0.717, 1.165) is 5.56 Å². The number of esters is 1. The van der Waals surface area contributed by atoms with Gasteiger partial charge in [-0.2, -0.15) is 0 Å². The maximum absolute atomic E-state index is 12.0. The smallest absolute Gasteiger partial charge is 0.338 e. The molecule has 0 heterocycles. The van der Waals surface area contributed by atoms with Crippen molar-refractivity contribution in [3.63, 3.8) is 0 Å². The van der Waals surface area contributed by atoms with Crippen LogP contribution in [0.25, 0.3) is 0 Å². The van der Waals surface area contributed by atoms with Gasteiger partial charge in [0.1, 0.15) is 0 Å². The number of benzene rings is 2. The van der Waals surface area contributed by atoms with Crippen LogP contribution >= 0.6 is 35.0 Å². The highest BCUT2D eigenvalue weighted by Gasteiger charge is 2.09. The first kappa shape index (κ1) is 19.6. The fraction of sp³-hybridized carbons (Fsp3) is 0.222. The Kier molecular flexibility index (Phi) is 7.62. The van der Waals surface area contributed by atoms with Crippen LogP contribution in [0, 0.1) is 0 Å². The Balaban J connectivity index is 1.83. The lowest BCUT2D eigenvalue weighted by Crippen LogP contribution is -2.14. The number of amides is 1. The number of anilines is 1. The Morgan fingerprint density at radius 1 is 1.08 bits per heavy atom. The maximum atomic E-state index is 12.0. The average Bonchev–Trinajstić information content (AvgIpc) is 2.58. The number of carbonyl (C=O) groups excluding carboxylic acids is 2. The molecule has 2 aromatic rings. The second-order valence-corrected chi connectivity index (χ2v) is 6.84. The predicted molar refractivity (Wildman–Crippen MR) is 104 cm³/mol. The monoisotopic (exact) mass is 397 g/mol. The Morgan fingerprint density at radius 3 is 2.32 bits per heavy atom. The van der Waals surface area contributed by atoms with E-state index in [9.17, 15) is 9.59 Å². The first-order valence-electron chi connectivity index (χ1n) is 7.59. The molecule has 0 unspecified atom stereocenters. The van der Waals surface area contributed by atoms with Crippen LogP contribution in [0.3, 0.4) is 0 Å². The van der Waals surface area contributed by atoms with E-state index in [4.69, 9.17) is 27.9 Å². The molecular formula is C18H17Cl2NO3S. The number of halogens is 2. The molecule has 1 amide bonds. The van der Waals surface area contributed by atoms with Gasteiger partial charge in [-0.3, -0.25) is 4.79 Å². The third kappa shape index (κ3) is 5.96. The summed E-state index contributed by atoms with van der Waals surface area (Å²) in [6, 6.07) is 11.9. The molecule has 0 radical (unpaired) electrons. The fourth-order valence-corrected chi connectivity index (χ4v) is 3.58. The summed E-state index contributed by atoms with van der Waals surface area (Å²) in [6.07, 6.45) is 0. The summed E-state index contributed by atoms with van der Waals surface area (Å²) in [5, 5.41) is 3.96. The van der Waals surface area contributed by atoms with Crippen molar-refractivity contribution in [2.75, 3.05) is 17.7 Å². The number of hydrogen-bond acceptors (Lipinski definition) is 4. The topological polar surface area (TPSA) is 55.4 Å². The van der Waals surface area contributed by atoms with Gasteiger partial charge in [0.25, 0.3) is 0 Å². The predicted octanol–water partition coefficient (Wildman–Crippen LogP) is 5.04. The Hall–Kier alpha value is -1.69. The summed E-state index contributed by atoms with van der Waals surface area (Å²) >= 11 is 13.6. The largest absolute Gasteiger partial charge is 0.462 e. The van der Waals surface area contributed by atoms with Crippen molar-refractivity contribution >= 4 is 52.5 Å². The van der Waals surface area contributed by atoms with Crippen molar-refractivity contribution in [2.24, 2.45) is 0 Å². The molecule has 1 N–H and O–H groups in total. The van der Waals surface area contributed by atoms with E-state index >= 15 is 0 Å². The van der Waals surface area contributed by atoms with E-state index in [-0.39, 0.29) is 17.6 Å². The Bertz CT molecular complexity index is 730. The van der Waals surface area contributed by atoms with Crippen molar-refractivity contribution < 1.29 is 14.3 Å². The molecule has 0 saturated heterocycles. The third-order valence-electron chi connectivity index (χ3n) is 3.22. The van der Waals surface area contributed by atoms with Gasteiger partial charge in [0.05, 0.1) is 17.9 Å². The second-order valence-electron chi connectivity index (χ2n) is 5.04. The number of nitrogens with one attached hydrogen (secondary N) is 1. The first-order chi connectivity index (χ1) is 12.0. The van der Waals surface area contributed by atoms with E-state index in [1.807, 2.05) is 0 Å². The molecule has 0 aliphatic carbocycles. The van der Waals surface area contributed by atoms with Gasteiger partial charge >= 0.3 is 5.97 Å². The zero-order chi connectivity index (χ0) is 18.2. The van der Waals surface area contributed by atoms with Crippen molar-refractivity contribution in [3.8, 4) is 0 Å². The van der Waals surface area contributed by atoms with E-state index in [1.165, 1.54) is 11.8 Å². The fourth-order valence-electron chi connectivity index (χ4n) is 2.02. The minimum absolute atomic E-state index is 0.142. The van der Waals surface area contributed by atoms with Gasteiger partial charge in [0.15, 0.2) is 0 Å². The van der Waals surface area contributed by atoms with Crippen molar-refractivity contribution in [1.29, 1.82) is 0 Å². The van der Waals surface area contributed by atoms with Crippen LogP contribution in [0.2, 0.25) is 10.0 Å². The number of thioether (sulfide) groups is 1. The zero-order valence-corrected chi connectivity index (χ0v) is 15.9. The summed E-state index contributed by atoms with van der Waals surface area (Å²) in [4.78, 5) is 23.6. The second kappa shape index (κ2) is 9.70. The highest BCUT2D eigenvalue weighted by molar-refractivity contribution is 7.99. The Morgan fingerprint density at radius 2 is 1.72 bits per heavy atom. The molecule has 25 heavy (non-hydrogen) atoms. The number of ether oxygens (including phenoxy) is 1. The van der Waals surface area contributed by atoms with E-state index < -0.39 is 0 Å². The summed E-state index contributed by atoms with van der Waals surface area (Å²) in [5.74, 6) is 0.291. The molecule has 0 bridgehead atoms. The molecule has 0 aliphatic rings. The lowest BCUT2D eigenvalue weighted by atomic mass is 10.2. The van der Waals surface area contributed by atoms with Gasteiger partial charge in [-0.05, 0) is 48.9 Å². The van der Waals surface area contributed by atoms with E-state index in [2.05, 4.69) is 5.32 Å². The molecular weight excluding hydrogens is 381 g/mol. The highest BCUT2D eigenvalue weighted by atomic mass is 35.5. The molecule has 0 aromatic heterocycles. The summed E-state index contributed by atoms with van der Waals surface area (Å²) in [7, 11) is 0. The minimum atomic E-state index is -0.382. The maximum Gasteiger partial charge on any atom is 0.338 e. The molecule has 4 nitrogen and oxygen atoms in total. The summed E-state index contributed by atoms with van der Waals surface area (Å²) in [6.45, 7) is 2.07. The highest BCUT2D eigenvalue weighted by Crippen LogP contribution is 2.28. The quantitative estimate of drug-likeness (QED) is 0.664. The van der Waals surface area contributed by atoms with Crippen LogP contribution in [0.4, 0.5) is 5.69 Å². The molecule has 0 spiro atoms. The summed E-state index contributed by atoms with van der Waals surface area (Å²) < 4.78 is 4.91. The minimum Gasteiger partial charge on any atom is -0.462 e. The SMILES string of the molecule is CCOC(=O)c1ccc(NC(=O)CSCc2c(Cl)cccc2Cl)cc1. The summed E-state index contributed by atoms with van der Waals surface area (Å²) in [5.41, 5.74) is 1.89. The van der Waals surface area contributed by atoms with Crippen molar-refractivity contribution in [1.82, 2.24) is 0 Å². The van der Waals surface area contributed by atoms with Crippen molar-refractivity contribution in [2.45, 2.75) is 12.7 Å².